The second-order valence-corrected chi connectivity index (χ2v) is 4.28. The van der Waals surface area contributed by atoms with Crippen LogP contribution < -0.4 is 5.73 Å². The Bertz CT molecular complexity index is 528. The molecule has 1 aromatic rings. The van der Waals surface area contributed by atoms with Crippen molar-refractivity contribution in [2.24, 2.45) is 5.73 Å². The van der Waals surface area contributed by atoms with Crippen molar-refractivity contribution in [1.29, 1.82) is 0 Å². The number of nitrogens with zero attached hydrogens (tertiary/aromatic N) is 1. The maximum Gasteiger partial charge on any atom is 0.255 e. The van der Waals surface area contributed by atoms with E-state index < -0.39 is 17.9 Å². The Labute approximate surface area is 116 Å². The Morgan fingerprint density at radius 1 is 1.30 bits per heavy atom. The maximum absolute atomic E-state index is 12.3. The molecule has 0 aliphatic rings. The van der Waals surface area contributed by atoms with Crippen LogP contribution >= 0.6 is 0 Å². The zero-order valence-corrected chi connectivity index (χ0v) is 11.1. The van der Waals surface area contributed by atoms with Gasteiger partial charge in [0.05, 0.1) is 5.56 Å². The fraction of sp³-hybridized carbons (Fsp3) is 0.286. The first-order valence-corrected chi connectivity index (χ1v) is 6.07. The van der Waals surface area contributed by atoms with Crippen LogP contribution in [0, 0.1) is 0 Å². The molecule has 0 fully saturated rings. The highest BCUT2D eigenvalue weighted by molar-refractivity contribution is 6.02. The molecule has 0 aliphatic carbocycles. The first-order valence-electron chi connectivity index (χ1n) is 6.07. The number of carbonyl (C=O) groups is 4. The minimum Gasteiger partial charge on any atom is -0.368 e. The van der Waals surface area contributed by atoms with E-state index in [0.717, 1.165) is 4.90 Å². The lowest BCUT2D eigenvalue weighted by Gasteiger charge is -2.25. The van der Waals surface area contributed by atoms with Crippen molar-refractivity contribution in [3.05, 3.63) is 35.4 Å². The van der Waals surface area contributed by atoms with E-state index in [9.17, 15) is 19.2 Å². The summed E-state index contributed by atoms with van der Waals surface area (Å²) in [5.41, 5.74) is 5.68. The van der Waals surface area contributed by atoms with Gasteiger partial charge in [-0.1, -0.05) is 18.2 Å². The molecule has 0 aliphatic heterocycles. The molecule has 1 rings (SSSR count). The first-order chi connectivity index (χ1) is 9.52. The molecule has 0 radical (unpaired) electrons. The normalized spacial score (nSPS) is 11.4. The quantitative estimate of drug-likeness (QED) is 0.729. The van der Waals surface area contributed by atoms with E-state index in [0.29, 0.717) is 12.6 Å². The lowest BCUT2D eigenvalue weighted by molar-refractivity contribution is -0.122. The van der Waals surface area contributed by atoms with Crippen LogP contribution in [-0.4, -0.2) is 42.4 Å². The second-order valence-electron chi connectivity index (χ2n) is 4.28. The summed E-state index contributed by atoms with van der Waals surface area (Å²) in [7, 11) is 1.42. The summed E-state index contributed by atoms with van der Waals surface area (Å²) in [5.74, 6) is -1.17. The highest BCUT2D eigenvalue weighted by Gasteiger charge is 2.26. The van der Waals surface area contributed by atoms with E-state index in [1.807, 2.05) is 0 Å². The molecule has 0 bridgehead atoms. The zero-order valence-electron chi connectivity index (χ0n) is 11.1. The third kappa shape index (κ3) is 3.50. The predicted octanol–water partition coefficient (Wildman–Crippen LogP) is 0.404. The molecular formula is C14H16N2O4. The van der Waals surface area contributed by atoms with E-state index in [4.69, 9.17) is 5.73 Å². The van der Waals surface area contributed by atoms with Crippen molar-refractivity contribution in [3.8, 4) is 0 Å². The average molecular weight is 276 g/mol. The molecule has 0 saturated heterocycles. The van der Waals surface area contributed by atoms with Crippen LogP contribution in [0.25, 0.3) is 0 Å². The summed E-state index contributed by atoms with van der Waals surface area (Å²) in [6, 6.07) is 5.39. The number of benzene rings is 1. The average Bonchev–Trinajstić information content (AvgIpc) is 2.46. The number of hydrogen-bond acceptors (Lipinski definition) is 4. The van der Waals surface area contributed by atoms with Crippen molar-refractivity contribution in [2.75, 3.05) is 7.05 Å². The maximum atomic E-state index is 12.3. The number of likely N-dealkylation sites (N-methyl/N-ethyl adjacent to an activating group) is 1. The highest BCUT2D eigenvalue weighted by Crippen LogP contribution is 2.13. The number of amides is 2. The van der Waals surface area contributed by atoms with E-state index in [1.54, 1.807) is 12.1 Å². The molecule has 1 atom stereocenters. The van der Waals surface area contributed by atoms with E-state index in [1.165, 1.54) is 19.2 Å². The summed E-state index contributed by atoms with van der Waals surface area (Å²) in [4.78, 5) is 46.2. The molecule has 1 aromatic carbocycles. The Morgan fingerprint density at radius 3 is 2.50 bits per heavy atom. The van der Waals surface area contributed by atoms with Crippen molar-refractivity contribution in [1.82, 2.24) is 4.90 Å². The largest absolute Gasteiger partial charge is 0.368 e. The molecule has 106 valence electrons. The van der Waals surface area contributed by atoms with Gasteiger partial charge in [-0.3, -0.25) is 14.4 Å². The Balaban J connectivity index is 3.01. The molecule has 0 spiro atoms. The van der Waals surface area contributed by atoms with Gasteiger partial charge in [-0.25, -0.2) is 0 Å². The summed E-state index contributed by atoms with van der Waals surface area (Å²) >= 11 is 0. The highest BCUT2D eigenvalue weighted by atomic mass is 16.2. The number of nitrogens with two attached hydrogens (primary N) is 1. The van der Waals surface area contributed by atoms with E-state index >= 15 is 0 Å². The van der Waals surface area contributed by atoms with Gasteiger partial charge >= 0.3 is 0 Å². The monoisotopic (exact) mass is 276 g/mol. The third-order valence-electron chi connectivity index (χ3n) is 2.99. The van der Waals surface area contributed by atoms with Crippen molar-refractivity contribution < 1.29 is 19.2 Å². The smallest absolute Gasteiger partial charge is 0.255 e. The zero-order chi connectivity index (χ0) is 15.1. The van der Waals surface area contributed by atoms with Gasteiger partial charge in [-0.15, -0.1) is 0 Å². The fourth-order valence-electron chi connectivity index (χ4n) is 1.88. The summed E-state index contributed by atoms with van der Waals surface area (Å²) < 4.78 is 0. The first kappa shape index (κ1) is 15.6. The lowest BCUT2D eigenvalue weighted by Crippen LogP contribution is -2.45. The molecule has 0 saturated carbocycles. The van der Waals surface area contributed by atoms with Crippen LogP contribution in [-0.2, 0) is 9.59 Å². The van der Waals surface area contributed by atoms with Crippen LogP contribution in [0.3, 0.4) is 0 Å². The van der Waals surface area contributed by atoms with Crippen LogP contribution in [0.4, 0.5) is 0 Å². The molecule has 6 heteroatoms. The number of aldehydes is 2. The van der Waals surface area contributed by atoms with Gasteiger partial charge in [-0.2, -0.15) is 0 Å². The topological polar surface area (TPSA) is 97.5 Å². The predicted molar refractivity (Wildman–Crippen MR) is 72.2 cm³/mol. The summed E-state index contributed by atoms with van der Waals surface area (Å²) in [6.45, 7) is 0. The number of rotatable bonds is 7. The van der Waals surface area contributed by atoms with Gasteiger partial charge < -0.3 is 15.4 Å². The Kier molecular flexibility index (Phi) is 5.58. The van der Waals surface area contributed by atoms with Crippen molar-refractivity contribution in [2.45, 2.75) is 18.9 Å². The molecule has 6 nitrogen and oxygen atoms in total. The number of primary amides is 1. The van der Waals surface area contributed by atoms with Crippen LogP contribution in [0.2, 0.25) is 0 Å². The van der Waals surface area contributed by atoms with Crippen LogP contribution in [0.15, 0.2) is 24.3 Å². The van der Waals surface area contributed by atoms with Gasteiger partial charge in [0.25, 0.3) is 5.91 Å². The number of carbonyl (C=O) groups excluding carboxylic acids is 4. The van der Waals surface area contributed by atoms with Crippen molar-refractivity contribution in [3.63, 3.8) is 0 Å². The molecule has 20 heavy (non-hydrogen) atoms. The van der Waals surface area contributed by atoms with Gasteiger partial charge in [0.1, 0.15) is 12.3 Å². The molecule has 2 amide bonds. The minimum absolute atomic E-state index is 0.126. The molecular weight excluding hydrogens is 260 g/mol. The van der Waals surface area contributed by atoms with Crippen LogP contribution in [0.5, 0.6) is 0 Å². The van der Waals surface area contributed by atoms with Gasteiger partial charge in [0.2, 0.25) is 5.91 Å². The molecule has 1 unspecified atom stereocenters. The standard InChI is InChI=1S/C14H16N2O4/c1-16(12(13(15)19)7-4-8-17)14(20)11-6-3-2-5-10(11)9-18/h2-3,5-6,8-9,12H,4,7H2,1H3,(H2,15,19). The molecule has 2 N–H and O–H groups in total. The second kappa shape index (κ2) is 7.18. The van der Waals surface area contributed by atoms with E-state index in [-0.39, 0.29) is 24.0 Å². The van der Waals surface area contributed by atoms with Gasteiger partial charge in [0.15, 0.2) is 6.29 Å². The van der Waals surface area contributed by atoms with Crippen LogP contribution in [0.1, 0.15) is 33.6 Å². The minimum atomic E-state index is -0.882. The van der Waals surface area contributed by atoms with Gasteiger partial charge in [0, 0.05) is 19.0 Å². The fourth-order valence-corrected chi connectivity index (χ4v) is 1.88. The van der Waals surface area contributed by atoms with Crippen molar-refractivity contribution >= 4 is 24.4 Å². The van der Waals surface area contributed by atoms with Gasteiger partial charge in [-0.05, 0) is 12.5 Å². The van der Waals surface area contributed by atoms with E-state index in [2.05, 4.69) is 0 Å². The Hall–Kier alpha value is -2.50. The Morgan fingerprint density at radius 2 is 1.95 bits per heavy atom. The molecule has 0 heterocycles. The number of hydrogen-bond donors (Lipinski definition) is 1. The third-order valence-corrected chi connectivity index (χ3v) is 2.99. The summed E-state index contributed by atoms with van der Waals surface area (Å²) in [6.07, 6.45) is 1.52. The SMILES string of the molecule is CN(C(=O)c1ccccc1C=O)C(CCC=O)C(N)=O. The summed E-state index contributed by atoms with van der Waals surface area (Å²) in [5, 5.41) is 0. The lowest BCUT2D eigenvalue weighted by atomic mass is 10.0. The molecule has 0 aromatic heterocycles.